The van der Waals surface area contributed by atoms with Crippen LogP contribution in [0, 0.1) is 5.82 Å². The molecule has 2 aliphatic heterocycles. The van der Waals surface area contributed by atoms with E-state index in [1.165, 1.54) is 12.1 Å². The highest BCUT2D eigenvalue weighted by Crippen LogP contribution is 2.26. The van der Waals surface area contributed by atoms with Gasteiger partial charge in [-0.1, -0.05) is 17.7 Å². The zero-order valence-corrected chi connectivity index (χ0v) is 17.0. The number of ether oxygens (including phenoxy) is 1. The fourth-order valence-electron chi connectivity index (χ4n) is 4.26. The standard InChI is InChI=1S/C22H25ClFN3O2/c23-19-2-1-3-20(24)21(19)22(28)27-12-6-16(7-13-27)26-14-8-18(9-15-26)29-17-4-10-25-11-5-17/h1-5,10-11,16,18H,6-9,12-15H2. The summed E-state index contributed by atoms with van der Waals surface area (Å²) in [7, 11) is 0. The average Bonchev–Trinajstić information content (AvgIpc) is 2.75. The molecule has 154 valence electrons. The first-order chi connectivity index (χ1) is 14.1. The molecule has 5 nitrogen and oxygen atoms in total. The summed E-state index contributed by atoms with van der Waals surface area (Å²) < 4.78 is 20.1. The molecule has 0 spiro atoms. The second-order valence-corrected chi connectivity index (χ2v) is 8.06. The van der Waals surface area contributed by atoms with E-state index >= 15 is 0 Å². The summed E-state index contributed by atoms with van der Waals surface area (Å²) in [5.41, 5.74) is -0.0123. The third kappa shape index (κ3) is 4.70. The molecule has 0 bridgehead atoms. The van der Waals surface area contributed by atoms with Crippen molar-refractivity contribution in [3.63, 3.8) is 0 Å². The van der Waals surface area contributed by atoms with Gasteiger partial charge in [-0.25, -0.2) is 4.39 Å². The number of carbonyl (C=O) groups excluding carboxylic acids is 1. The number of likely N-dealkylation sites (tertiary alicyclic amines) is 2. The monoisotopic (exact) mass is 417 g/mol. The van der Waals surface area contributed by atoms with Crippen molar-refractivity contribution in [3.8, 4) is 5.75 Å². The fraction of sp³-hybridized carbons (Fsp3) is 0.455. The van der Waals surface area contributed by atoms with E-state index in [2.05, 4.69) is 9.88 Å². The maximum Gasteiger partial charge on any atom is 0.258 e. The van der Waals surface area contributed by atoms with Crippen LogP contribution < -0.4 is 4.74 Å². The van der Waals surface area contributed by atoms with Gasteiger partial charge < -0.3 is 9.64 Å². The SMILES string of the molecule is O=C(c1c(F)cccc1Cl)N1CCC(N2CCC(Oc3ccncc3)CC2)CC1. The highest BCUT2D eigenvalue weighted by Gasteiger charge is 2.31. The lowest BCUT2D eigenvalue weighted by atomic mass is 9.98. The van der Waals surface area contributed by atoms with Crippen LogP contribution in [0.15, 0.2) is 42.7 Å². The van der Waals surface area contributed by atoms with Crippen molar-refractivity contribution in [2.45, 2.75) is 37.8 Å². The zero-order valence-electron chi connectivity index (χ0n) is 16.3. The van der Waals surface area contributed by atoms with Gasteiger partial charge in [0.1, 0.15) is 17.7 Å². The Morgan fingerprint density at radius 1 is 1.03 bits per heavy atom. The van der Waals surface area contributed by atoms with Crippen molar-refractivity contribution in [3.05, 3.63) is 59.1 Å². The number of halogens is 2. The molecule has 1 amide bonds. The summed E-state index contributed by atoms with van der Waals surface area (Å²) in [4.78, 5) is 20.9. The van der Waals surface area contributed by atoms with Gasteiger partial charge in [-0.05, 0) is 49.9 Å². The van der Waals surface area contributed by atoms with Crippen molar-refractivity contribution < 1.29 is 13.9 Å². The van der Waals surface area contributed by atoms with Crippen LogP contribution in [0.4, 0.5) is 4.39 Å². The van der Waals surface area contributed by atoms with Gasteiger partial charge in [0, 0.05) is 44.6 Å². The van der Waals surface area contributed by atoms with E-state index in [0.717, 1.165) is 44.5 Å². The third-order valence-corrected chi connectivity index (χ3v) is 6.19. The molecular formula is C22H25ClFN3O2. The minimum absolute atomic E-state index is 0.0123. The second-order valence-electron chi connectivity index (χ2n) is 7.66. The quantitative estimate of drug-likeness (QED) is 0.753. The molecule has 2 saturated heterocycles. The summed E-state index contributed by atoms with van der Waals surface area (Å²) in [5.74, 6) is 0.00831. The lowest BCUT2D eigenvalue weighted by Crippen LogP contribution is -2.50. The van der Waals surface area contributed by atoms with Crippen LogP contribution in [0.25, 0.3) is 0 Å². The topological polar surface area (TPSA) is 45.7 Å². The summed E-state index contributed by atoms with van der Waals surface area (Å²) in [5, 5.41) is 0.174. The van der Waals surface area contributed by atoms with Gasteiger partial charge in [-0.2, -0.15) is 0 Å². The number of rotatable bonds is 4. The number of hydrogen-bond acceptors (Lipinski definition) is 4. The summed E-state index contributed by atoms with van der Waals surface area (Å²) >= 11 is 6.05. The van der Waals surface area contributed by atoms with Crippen LogP contribution in [-0.4, -0.2) is 59.0 Å². The predicted molar refractivity (Wildman–Crippen MR) is 110 cm³/mol. The van der Waals surface area contributed by atoms with Crippen LogP contribution in [0.3, 0.4) is 0 Å². The maximum absolute atomic E-state index is 14.1. The molecule has 2 fully saturated rings. The first kappa shape index (κ1) is 20.1. The van der Waals surface area contributed by atoms with E-state index < -0.39 is 5.82 Å². The van der Waals surface area contributed by atoms with E-state index in [1.54, 1.807) is 23.4 Å². The Labute approximate surface area is 175 Å². The molecule has 0 aliphatic carbocycles. The second kappa shape index (κ2) is 9.09. The first-order valence-electron chi connectivity index (χ1n) is 10.2. The molecule has 7 heteroatoms. The Bertz CT molecular complexity index is 815. The molecule has 0 unspecified atom stereocenters. The minimum Gasteiger partial charge on any atom is -0.490 e. The number of pyridine rings is 1. The number of amides is 1. The Balaban J connectivity index is 1.27. The molecular weight excluding hydrogens is 393 g/mol. The maximum atomic E-state index is 14.1. The molecule has 4 rings (SSSR count). The Morgan fingerprint density at radius 3 is 2.38 bits per heavy atom. The van der Waals surface area contributed by atoms with Crippen LogP contribution in [0.2, 0.25) is 5.02 Å². The van der Waals surface area contributed by atoms with Crippen LogP contribution in [-0.2, 0) is 0 Å². The van der Waals surface area contributed by atoms with Gasteiger partial charge in [0.2, 0.25) is 0 Å². The van der Waals surface area contributed by atoms with E-state index in [-0.39, 0.29) is 22.6 Å². The molecule has 3 heterocycles. The lowest BCUT2D eigenvalue weighted by molar-refractivity contribution is 0.0423. The molecule has 2 aliphatic rings. The molecule has 2 aromatic rings. The number of aromatic nitrogens is 1. The van der Waals surface area contributed by atoms with Crippen molar-refractivity contribution in [2.24, 2.45) is 0 Å². The Kier molecular flexibility index (Phi) is 6.31. The van der Waals surface area contributed by atoms with Gasteiger partial charge in [0.15, 0.2) is 0 Å². The van der Waals surface area contributed by atoms with E-state index in [1.807, 2.05) is 12.1 Å². The van der Waals surface area contributed by atoms with Crippen LogP contribution in [0.5, 0.6) is 5.75 Å². The highest BCUT2D eigenvalue weighted by atomic mass is 35.5. The van der Waals surface area contributed by atoms with Crippen molar-refractivity contribution in [1.29, 1.82) is 0 Å². The van der Waals surface area contributed by atoms with Gasteiger partial charge >= 0.3 is 0 Å². The van der Waals surface area contributed by atoms with Gasteiger partial charge in [0.25, 0.3) is 5.91 Å². The smallest absolute Gasteiger partial charge is 0.258 e. The van der Waals surface area contributed by atoms with Gasteiger partial charge in [-0.15, -0.1) is 0 Å². The molecule has 0 atom stereocenters. The molecule has 0 saturated carbocycles. The first-order valence-corrected chi connectivity index (χ1v) is 10.5. The van der Waals surface area contributed by atoms with E-state index in [9.17, 15) is 9.18 Å². The van der Waals surface area contributed by atoms with Crippen molar-refractivity contribution in [2.75, 3.05) is 26.2 Å². The van der Waals surface area contributed by atoms with E-state index in [4.69, 9.17) is 16.3 Å². The number of benzene rings is 1. The number of piperidine rings is 2. The summed E-state index contributed by atoms with van der Waals surface area (Å²) in [6.45, 7) is 3.24. The largest absolute Gasteiger partial charge is 0.490 e. The minimum atomic E-state index is -0.555. The Hall–Kier alpha value is -2.18. The molecule has 1 aromatic heterocycles. The number of carbonyl (C=O) groups is 1. The van der Waals surface area contributed by atoms with Gasteiger partial charge in [-0.3, -0.25) is 14.7 Å². The molecule has 1 aromatic carbocycles. The molecule has 0 radical (unpaired) electrons. The third-order valence-electron chi connectivity index (χ3n) is 5.87. The zero-order chi connectivity index (χ0) is 20.2. The predicted octanol–water partition coefficient (Wildman–Crippen LogP) is 4.02. The molecule has 0 N–H and O–H groups in total. The highest BCUT2D eigenvalue weighted by molar-refractivity contribution is 6.33. The number of nitrogens with zero attached hydrogens (tertiary/aromatic N) is 3. The van der Waals surface area contributed by atoms with Gasteiger partial charge in [0.05, 0.1) is 10.6 Å². The number of hydrogen-bond donors (Lipinski definition) is 0. The molecule has 29 heavy (non-hydrogen) atoms. The summed E-state index contributed by atoms with van der Waals surface area (Å²) in [6, 6.07) is 8.59. The summed E-state index contributed by atoms with van der Waals surface area (Å²) in [6.07, 6.45) is 7.50. The van der Waals surface area contributed by atoms with Crippen molar-refractivity contribution in [1.82, 2.24) is 14.8 Å². The lowest BCUT2D eigenvalue weighted by Gasteiger charge is -2.41. The van der Waals surface area contributed by atoms with Crippen molar-refractivity contribution >= 4 is 17.5 Å². The Morgan fingerprint density at radius 2 is 1.72 bits per heavy atom. The fourth-order valence-corrected chi connectivity index (χ4v) is 4.51. The van der Waals surface area contributed by atoms with Crippen LogP contribution >= 0.6 is 11.6 Å². The average molecular weight is 418 g/mol. The normalized spacial score (nSPS) is 19.3. The van der Waals surface area contributed by atoms with E-state index in [0.29, 0.717) is 19.1 Å². The van der Waals surface area contributed by atoms with Crippen LogP contribution in [0.1, 0.15) is 36.0 Å².